The smallest absolute Gasteiger partial charge is 0.227 e. The number of β-amino-alcohol motifs (C(OH)–C–C–N with tert-alkyl or cyclic N) is 1. The first kappa shape index (κ1) is 18.2. The Morgan fingerprint density at radius 1 is 1.24 bits per heavy atom. The van der Waals surface area contributed by atoms with E-state index in [1.165, 1.54) is 0 Å². The summed E-state index contributed by atoms with van der Waals surface area (Å²) in [5.41, 5.74) is 2.02. The minimum Gasteiger partial charge on any atom is -0.496 e. The van der Waals surface area contributed by atoms with Crippen LogP contribution in [0.3, 0.4) is 0 Å². The monoisotopic (exact) mass is 347 g/mol. The van der Waals surface area contributed by atoms with Gasteiger partial charge in [-0.15, -0.1) is 0 Å². The molecular formula is C19H29N3O3. The van der Waals surface area contributed by atoms with Crippen LogP contribution in [-0.4, -0.2) is 91.3 Å². The number of rotatable bonds is 4. The molecule has 0 radical (unpaired) electrons. The summed E-state index contributed by atoms with van der Waals surface area (Å²) < 4.78 is 5.38. The normalized spacial score (nSPS) is 25.4. The van der Waals surface area contributed by atoms with Gasteiger partial charge in [0.05, 0.1) is 25.7 Å². The van der Waals surface area contributed by atoms with Crippen molar-refractivity contribution in [2.45, 2.75) is 25.5 Å². The molecule has 1 N–H and O–H groups in total. The largest absolute Gasteiger partial charge is 0.496 e. The van der Waals surface area contributed by atoms with Gasteiger partial charge in [0.25, 0.3) is 0 Å². The number of likely N-dealkylation sites (N-methyl/N-ethyl adjacent to an activating group) is 1. The van der Waals surface area contributed by atoms with Crippen molar-refractivity contribution in [3.63, 3.8) is 0 Å². The standard InChI is InChI=1S/C19H29N3O3/c1-14-4-5-18(25-3)15(10-14)11-19(24)22-12-16(17(23)13-22)21-8-6-20(2)7-9-21/h4-5,10,16-17,23H,6-9,11-13H2,1-3H3/t16-,17-/m1/s1. The molecule has 2 saturated heterocycles. The molecule has 2 atom stereocenters. The van der Waals surface area contributed by atoms with Crippen LogP contribution in [0.1, 0.15) is 11.1 Å². The number of carbonyl (C=O) groups excluding carboxylic acids is 1. The first-order valence-corrected chi connectivity index (χ1v) is 9.00. The van der Waals surface area contributed by atoms with Crippen molar-refractivity contribution in [3.05, 3.63) is 29.3 Å². The van der Waals surface area contributed by atoms with Gasteiger partial charge in [-0.25, -0.2) is 0 Å². The fourth-order valence-electron chi connectivity index (χ4n) is 3.81. The third-order valence-corrected chi connectivity index (χ3v) is 5.40. The zero-order chi connectivity index (χ0) is 18.0. The first-order valence-electron chi connectivity index (χ1n) is 9.00. The van der Waals surface area contributed by atoms with Gasteiger partial charge in [0, 0.05) is 44.8 Å². The van der Waals surface area contributed by atoms with Gasteiger partial charge in [0.15, 0.2) is 0 Å². The molecule has 3 rings (SSSR count). The second-order valence-electron chi connectivity index (χ2n) is 7.26. The van der Waals surface area contributed by atoms with Crippen molar-refractivity contribution >= 4 is 5.91 Å². The number of likely N-dealkylation sites (tertiary alicyclic amines) is 1. The van der Waals surface area contributed by atoms with Crippen molar-refractivity contribution in [2.24, 2.45) is 0 Å². The summed E-state index contributed by atoms with van der Waals surface area (Å²) in [7, 11) is 3.75. The highest BCUT2D eigenvalue weighted by Gasteiger charge is 2.38. The third kappa shape index (κ3) is 4.14. The van der Waals surface area contributed by atoms with Crippen LogP contribution in [-0.2, 0) is 11.2 Å². The highest BCUT2D eigenvalue weighted by Crippen LogP contribution is 2.23. The molecule has 6 heteroatoms. The molecule has 0 aliphatic carbocycles. The molecule has 0 bridgehead atoms. The van der Waals surface area contributed by atoms with Crippen LogP contribution >= 0.6 is 0 Å². The van der Waals surface area contributed by atoms with E-state index >= 15 is 0 Å². The highest BCUT2D eigenvalue weighted by molar-refractivity contribution is 5.80. The van der Waals surface area contributed by atoms with Crippen LogP contribution in [0.15, 0.2) is 18.2 Å². The molecule has 25 heavy (non-hydrogen) atoms. The van der Waals surface area contributed by atoms with Crippen molar-refractivity contribution < 1.29 is 14.6 Å². The quantitative estimate of drug-likeness (QED) is 0.853. The number of nitrogens with zero attached hydrogens (tertiary/aromatic N) is 3. The van der Waals surface area contributed by atoms with Crippen molar-refractivity contribution in [1.29, 1.82) is 0 Å². The topological polar surface area (TPSA) is 56.2 Å². The Balaban J connectivity index is 1.63. The van der Waals surface area contributed by atoms with E-state index in [0.717, 1.165) is 43.1 Å². The number of piperazine rings is 1. The number of methoxy groups -OCH3 is 1. The maximum Gasteiger partial charge on any atom is 0.227 e. The molecule has 2 fully saturated rings. The number of aliphatic hydroxyl groups excluding tert-OH is 1. The van der Waals surface area contributed by atoms with Gasteiger partial charge in [-0.1, -0.05) is 17.7 Å². The van der Waals surface area contributed by atoms with E-state index in [4.69, 9.17) is 4.74 Å². The van der Waals surface area contributed by atoms with Crippen LogP contribution in [0.25, 0.3) is 0 Å². The SMILES string of the molecule is COc1ccc(C)cc1CC(=O)N1C[C@@H](O)[C@H](N2CCN(C)CC2)C1. The Morgan fingerprint density at radius 3 is 2.64 bits per heavy atom. The zero-order valence-electron chi connectivity index (χ0n) is 15.4. The van der Waals surface area contributed by atoms with Crippen LogP contribution in [0.2, 0.25) is 0 Å². The second-order valence-corrected chi connectivity index (χ2v) is 7.26. The number of hydrogen-bond donors (Lipinski definition) is 1. The maximum absolute atomic E-state index is 12.8. The summed E-state index contributed by atoms with van der Waals surface area (Å²) in [5.74, 6) is 0.800. The predicted octanol–water partition coefficient (Wildman–Crippen LogP) is 0.365. The summed E-state index contributed by atoms with van der Waals surface area (Å²) in [4.78, 5) is 19.2. The Kier molecular flexibility index (Phi) is 5.61. The van der Waals surface area contributed by atoms with Crippen molar-refractivity contribution in [3.8, 4) is 5.75 Å². The lowest BCUT2D eigenvalue weighted by atomic mass is 10.1. The molecule has 0 saturated carbocycles. The van der Waals surface area contributed by atoms with Gasteiger partial charge < -0.3 is 19.6 Å². The Bertz CT molecular complexity index is 614. The van der Waals surface area contributed by atoms with E-state index in [2.05, 4.69) is 16.8 Å². The first-order chi connectivity index (χ1) is 12.0. The second kappa shape index (κ2) is 7.72. The van der Waals surface area contributed by atoms with Gasteiger partial charge in [-0.05, 0) is 20.0 Å². The Morgan fingerprint density at radius 2 is 1.96 bits per heavy atom. The Hall–Kier alpha value is -1.63. The van der Waals surface area contributed by atoms with Crippen molar-refractivity contribution in [1.82, 2.24) is 14.7 Å². The lowest BCUT2D eigenvalue weighted by molar-refractivity contribution is -0.129. The molecule has 2 aliphatic heterocycles. The molecule has 0 unspecified atom stereocenters. The number of hydrogen-bond acceptors (Lipinski definition) is 5. The average Bonchev–Trinajstić information content (AvgIpc) is 2.98. The molecule has 1 aromatic rings. The van der Waals surface area contributed by atoms with Crippen LogP contribution in [0.5, 0.6) is 5.75 Å². The van der Waals surface area contributed by atoms with E-state index in [9.17, 15) is 9.90 Å². The Labute approximate surface area is 150 Å². The minimum atomic E-state index is -0.466. The molecule has 2 aliphatic rings. The summed E-state index contributed by atoms with van der Waals surface area (Å²) in [6.45, 7) is 6.96. The third-order valence-electron chi connectivity index (χ3n) is 5.40. The van der Waals surface area contributed by atoms with E-state index in [-0.39, 0.29) is 11.9 Å². The summed E-state index contributed by atoms with van der Waals surface area (Å²) in [5, 5.41) is 10.5. The number of aryl methyl sites for hydroxylation is 1. The molecule has 6 nitrogen and oxygen atoms in total. The van der Waals surface area contributed by atoms with Crippen LogP contribution < -0.4 is 4.74 Å². The maximum atomic E-state index is 12.8. The van der Waals surface area contributed by atoms with Crippen LogP contribution in [0.4, 0.5) is 0 Å². The van der Waals surface area contributed by atoms with E-state index in [1.807, 2.05) is 25.1 Å². The molecular weight excluding hydrogens is 318 g/mol. The average molecular weight is 347 g/mol. The number of aliphatic hydroxyl groups is 1. The van der Waals surface area contributed by atoms with Crippen molar-refractivity contribution in [2.75, 3.05) is 53.4 Å². The fourth-order valence-corrected chi connectivity index (χ4v) is 3.81. The van der Waals surface area contributed by atoms with E-state index in [0.29, 0.717) is 19.5 Å². The van der Waals surface area contributed by atoms with Gasteiger partial charge >= 0.3 is 0 Å². The summed E-state index contributed by atoms with van der Waals surface area (Å²) >= 11 is 0. The molecule has 0 aromatic heterocycles. The van der Waals surface area contributed by atoms with Crippen LogP contribution in [0, 0.1) is 6.92 Å². The lowest BCUT2D eigenvalue weighted by Gasteiger charge is -2.37. The lowest BCUT2D eigenvalue weighted by Crippen LogP contribution is -2.52. The zero-order valence-corrected chi connectivity index (χ0v) is 15.4. The highest BCUT2D eigenvalue weighted by atomic mass is 16.5. The number of carbonyl (C=O) groups is 1. The summed E-state index contributed by atoms with van der Waals surface area (Å²) in [6.07, 6.45) is -0.153. The summed E-state index contributed by atoms with van der Waals surface area (Å²) in [6, 6.07) is 5.94. The molecule has 0 spiro atoms. The van der Waals surface area contributed by atoms with Gasteiger partial charge in [0.1, 0.15) is 5.75 Å². The van der Waals surface area contributed by atoms with E-state index < -0.39 is 6.10 Å². The predicted molar refractivity (Wildman–Crippen MR) is 96.9 cm³/mol. The number of ether oxygens (including phenoxy) is 1. The molecule has 1 aromatic carbocycles. The van der Waals surface area contributed by atoms with Gasteiger partial charge in [-0.2, -0.15) is 0 Å². The molecule has 1 amide bonds. The molecule has 138 valence electrons. The number of amides is 1. The number of benzene rings is 1. The minimum absolute atomic E-state index is 0.0528. The van der Waals surface area contributed by atoms with E-state index in [1.54, 1.807) is 12.0 Å². The van der Waals surface area contributed by atoms with Gasteiger partial charge in [0.2, 0.25) is 5.91 Å². The van der Waals surface area contributed by atoms with Gasteiger partial charge in [-0.3, -0.25) is 9.69 Å². The molecule has 2 heterocycles. The fraction of sp³-hybridized carbons (Fsp3) is 0.632.